The van der Waals surface area contributed by atoms with E-state index in [9.17, 15) is 4.79 Å². The number of hydrogen-bond acceptors (Lipinski definition) is 4. The lowest BCUT2D eigenvalue weighted by Gasteiger charge is -2.29. The predicted molar refractivity (Wildman–Crippen MR) is 121 cm³/mol. The number of anilines is 1. The van der Waals surface area contributed by atoms with Crippen LogP contribution in [0.1, 0.15) is 5.56 Å². The van der Waals surface area contributed by atoms with Crippen LogP contribution in [0.5, 0.6) is 0 Å². The molecule has 0 spiro atoms. The maximum atomic E-state index is 13.3. The van der Waals surface area contributed by atoms with Gasteiger partial charge in [0.25, 0.3) is 5.56 Å². The van der Waals surface area contributed by atoms with Crippen molar-refractivity contribution in [1.82, 2.24) is 9.78 Å². The molecule has 5 rings (SSSR count). The lowest BCUT2D eigenvalue weighted by Crippen LogP contribution is -2.36. The highest BCUT2D eigenvalue weighted by molar-refractivity contribution is 5.94. The van der Waals surface area contributed by atoms with Gasteiger partial charge in [0, 0.05) is 29.7 Å². The van der Waals surface area contributed by atoms with E-state index in [1.165, 1.54) is 4.68 Å². The fourth-order valence-electron chi connectivity index (χ4n) is 4.01. The molecule has 1 aliphatic heterocycles. The molecule has 0 atom stereocenters. The second-order valence-electron chi connectivity index (χ2n) is 7.60. The Morgan fingerprint density at radius 3 is 2.37 bits per heavy atom. The summed E-state index contributed by atoms with van der Waals surface area (Å²) in [5.41, 5.74) is 4.71. The molecule has 1 aliphatic rings. The largest absolute Gasteiger partial charge is 0.378 e. The van der Waals surface area contributed by atoms with Gasteiger partial charge in [-0.05, 0) is 37.3 Å². The number of fused-ring (bicyclic) bond motifs is 1. The van der Waals surface area contributed by atoms with Crippen molar-refractivity contribution in [1.29, 1.82) is 0 Å². The van der Waals surface area contributed by atoms with Crippen LogP contribution in [0.2, 0.25) is 0 Å². The van der Waals surface area contributed by atoms with Gasteiger partial charge >= 0.3 is 0 Å². The summed E-state index contributed by atoms with van der Waals surface area (Å²) in [5.74, 6) is 0. The quantitative estimate of drug-likeness (QED) is 0.520. The zero-order valence-corrected chi connectivity index (χ0v) is 16.9. The molecule has 0 unspecified atom stereocenters. The van der Waals surface area contributed by atoms with E-state index in [2.05, 4.69) is 30.0 Å². The Bertz CT molecular complexity index is 1270. The van der Waals surface area contributed by atoms with Gasteiger partial charge in [0.2, 0.25) is 0 Å². The number of benzene rings is 3. The summed E-state index contributed by atoms with van der Waals surface area (Å²) in [6.45, 7) is 5.19. The van der Waals surface area contributed by atoms with Crippen LogP contribution < -0.4 is 10.5 Å². The zero-order chi connectivity index (χ0) is 20.5. The monoisotopic (exact) mass is 397 g/mol. The first-order valence-corrected chi connectivity index (χ1v) is 10.2. The highest BCUT2D eigenvalue weighted by Crippen LogP contribution is 2.27. The minimum absolute atomic E-state index is 0.110. The summed E-state index contributed by atoms with van der Waals surface area (Å²) in [5, 5.41) is 6.37. The lowest BCUT2D eigenvalue weighted by atomic mass is 10.0. The van der Waals surface area contributed by atoms with Crippen LogP contribution in [0, 0.1) is 6.92 Å². The molecule has 1 fully saturated rings. The molecule has 0 bridgehead atoms. The first kappa shape index (κ1) is 18.6. The smallest absolute Gasteiger partial charge is 0.279 e. The lowest BCUT2D eigenvalue weighted by molar-refractivity contribution is 0.122. The molecule has 1 aromatic heterocycles. The normalized spacial score (nSPS) is 14.2. The molecular weight excluding hydrogens is 374 g/mol. The molecule has 0 radical (unpaired) electrons. The molecule has 30 heavy (non-hydrogen) atoms. The maximum Gasteiger partial charge on any atom is 0.279 e. The third-order valence-corrected chi connectivity index (χ3v) is 5.55. The number of aromatic nitrogens is 2. The molecule has 5 nitrogen and oxygen atoms in total. The molecule has 0 saturated carbocycles. The van der Waals surface area contributed by atoms with Gasteiger partial charge in [-0.25, -0.2) is 0 Å². The van der Waals surface area contributed by atoms with Gasteiger partial charge in [0.1, 0.15) is 0 Å². The van der Waals surface area contributed by atoms with E-state index < -0.39 is 0 Å². The predicted octanol–water partition coefficient (Wildman–Crippen LogP) is 4.20. The molecule has 150 valence electrons. The average molecular weight is 397 g/mol. The molecule has 5 heteroatoms. The van der Waals surface area contributed by atoms with Crippen LogP contribution >= 0.6 is 0 Å². The topological polar surface area (TPSA) is 47.4 Å². The van der Waals surface area contributed by atoms with Gasteiger partial charge in [0.05, 0.1) is 30.0 Å². The minimum atomic E-state index is -0.110. The fourth-order valence-corrected chi connectivity index (χ4v) is 4.01. The first-order valence-electron chi connectivity index (χ1n) is 10.2. The molecule has 0 N–H and O–H groups in total. The summed E-state index contributed by atoms with van der Waals surface area (Å²) in [7, 11) is 0. The summed E-state index contributed by atoms with van der Waals surface area (Å²) >= 11 is 0. The first-order chi connectivity index (χ1) is 14.7. The Labute approximate surface area is 175 Å². The standard InChI is InChI=1S/C25H23N3O2/c1-18-6-4-7-19(16-18)24-22-10-2-3-11-23(22)25(29)28(26-24)21-9-5-8-20(17-21)27-12-14-30-15-13-27/h2-11,16-17H,12-15H2,1H3. The number of nitrogens with zero attached hydrogens (tertiary/aromatic N) is 3. The van der Waals surface area contributed by atoms with E-state index >= 15 is 0 Å². The molecular formula is C25H23N3O2. The molecule has 4 aromatic rings. The number of ether oxygens (including phenoxy) is 1. The SMILES string of the molecule is Cc1cccc(-c2nn(-c3cccc(N4CCOCC4)c3)c(=O)c3ccccc23)c1. The summed E-state index contributed by atoms with van der Waals surface area (Å²) in [6.07, 6.45) is 0. The highest BCUT2D eigenvalue weighted by atomic mass is 16.5. The van der Waals surface area contributed by atoms with E-state index in [1.54, 1.807) is 0 Å². The Kier molecular flexibility index (Phi) is 4.81. The van der Waals surface area contributed by atoms with Crippen LogP contribution in [0.3, 0.4) is 0 Å². The maximum absolute atomic E-state index is 13.3. The van der Waals surface area contributed by atoms with Crippen LogP contribution in [0.15, 0.2) is 77.6 Å². The van der Waals surface area contributed by atoms with Crippen molar-refractivity contribution in [3.05, 3.63) is 88.7 Å². The zero-order valence-electron chi connectivity index (χ0n) is 16.9. The Balaban J connectivity index is 1.70. The second kappa shape index (κ2) is 7.76. The van der Waals surface area contributed by atoms with Gasteiger partial charge in [-0.1, -0.05) is 48.0 Å². The highest BCUT2D eigenvalue weighted by Gasteiger charge is 2.15. The van der Waals surface area contributed by atoms with Crippen molar-refractivity contribution in [2.75, 3.05) is 31.2 Å². The molecule has 2 heterocycles. The van der Waals surface area contributed by atoms with Crippen molar-refractivity contribution in [2.45, 2.75) is 6.92 Å². The van der Waals surface area contributed by atoms with Gasteiger partial charge in [-0.15, -0.1) is 0 Å². The van der Waals surface area contributed by atoms with Crippen LogP contribution in [0.4, 0.5) is 5.69 Å². The van der Waals surface area contributed by atoms with E-state index in [-0.39, 0.29) is 5.56 Å². The molecule has 0 aliphatic carbocycles. The van der Waals surface area contributed by atoms with Crippen molar-refractivity contribution in [2.24, 2.45) is 0 Å². The number of hydrogen-bond donors (Lipinski definition) is 0. The third kappa shape index (κ3) is 3.37. The fraction of sp³-hybridized carbons (Fsp3) is 0.200. The number of morpholine rings is 1. The van der Waals surface area contributed by atoms with Gasteiger partial charge < -0.3 is 9.64 Å². The van der Waals surface area contributed by atoms with Crippen molar-refractivity contribution in [3.63, 3.8) is 0 Å². The molecule has 0 amide bonds. The van der Waals surface area contributed by atoms with Crippen LogP contribution in [-0.2, 0) is 4.74 Å². The molecule has 3 aromatic carbocycles. The van der Waals surface area contributed by atoms with E-state index in [0.717, 1.165) is 59.9 Å². The minimum Gasteiger partial charge on any atom is -0.378 e. The van der Waals surface area contributed by atoms with Crippen molar-refractivity contribution >= 4 is 16.5 Å². The van der Waals surface area contributed by atoms with E-state index in [1.807, 2.05) is 54.6 Å². The number of rotatable bonds is 3. The number of aryl methyl sites for hydroxylation is 1. The van der Waals surface area contributed by atoms with Gasteiger partial charge in [-0.3, -0.25) is 4.79 Å². The Morgan fingerprint density at radius 1 is 0.833 bits per heavy atom. The Morgan fingerprint density at radius 2 is 1.57 bits per heavy atom. The third-order valence-electron chi connectivity index (χ3n) is 5.55. The van der Waals surface area contributed by atoms with Crippen molar-refractivity contribution in [3.8, 4) is 16.9 Å². The molecule has 1 saturated heterocycles. The average Bonchev–Trinajstić information content (AvgIpc) is 2.80. The van der Waals surface area contributed by atoms with Crippen LogP contribution in [-0.4, -0.2) is 36.1 Å². The van der Waals surface area contributed by atoms with Gasteiger partial charge in [0.15, 0.2) is 0 Å². The van der Waals surface area contributed by atoms with Crippen molar-refractivity contribution < 1.29 is 4.74 Å². The van der Waals surface area contributed by atoms with E-state index in [4.69, 9.17) is 9.84 Å². The Hall–Kier alpha value is -3.44. The summed E-state index contributed by atoms with van der Waals surface area (Å²) in [6, 6.07) is 24.0. The van der Waals surface area contributed by atoms with Crippen LogP contribution in [0.25, 0.3) is 27.7 Å². The summed E-state index contributed by atoms with van der Waals surface area (Å²) < 4.78 is 7.00. The summed E-state index contributed by atoms with van der Waals surface area (Å²) in [4.78, 5) is 15.6. The van der Waals surface area contributed by atoms with E-state index in [0.29, 0.717) is 5.39 Å². The van der Waals surface area contributed by atoms with Gasteiger partial charge in [-0.2, -0.15) is 9.78 Å². The second-order valence-corrected chi connectivity index (χ2v) is 7.60.